The van der Waals surface area contributed by atoms with Gasteiger partial charge in [0.25, 0.3) is 0 Å². The van der Waals surface area contributed by atoms with Crippen LogP contribution in [0.2, 0.25) is 0 Å². The van der Waals surface area contributed by atoms with Gasteiger partial charge in [-0.25, -0.2) is 0 Å². The minimum Gasteiger partial charge on any atom is -0.339 e. The number of carbonyl (C=O) groups is 2. The highest BCUT2D eigenvalue weighted by atomic mass is 32.0. The van der Waals surface area contributed by atoms with Gasteiger partial charge in [0.15, 0.2) is 0 Å². The predicted molar refractivity (Wildman–Crippen MR) is 94.9 cm³/mol. The Morgan fingerprint density at radius 2 is 2.18 bits per heavy atom. The van der Waals surface area contributed by atoms with E-state index in [1.165, 1.54) is 0 Å². The van der Waals surface area contributed by atoms with E-state index >= 15 is 0 Å². The third-order valence-electron chi connectivity index (χ3n) is 4.10. The van der Waals surface area contributed by atoms with Crippen LogP contribution in [-0.2, 0) is 9.59 Å². The average molecular weight is 341 g/mol. The number of piperazine rings is 1. The molecule has 2 aliphatic heterocycles. The molecule has 2 rings (SSSR count). The first kappa shape index (κ1) is 17.6. The van der Waals surface area contributed by atoms with Crippen LogP contribution in [0.25, 0.3) is 0 Å². The van der Waals surface area contributed by atoms with E-state index < -0.39 is 0 Å². The van der Waals surface area contributed by atoms with Crippen molar-refractivity contribution in [2.24, 2.45) is 5.92 Å². The number of nitrogens with one attached hydrogen (secondary N) is 1. The molecule has 5 nitrogen and oxygen atoms in total. The Morgan fingerprint density at radius 1 is 1.45 bits per heavy atom. The third-order valence-corrected chi connectivity index (χ3v) is 6.12. The SMILES string of the molecule is C=C[C@@H]1C[C@H](/C=C/PPC)N(CC(=O)N2CCNCC2)C1=O. The summed E-state index contributed by atoms with van der Waals surface area (Å²) in [5, 5.41) is 3.23. The molecule has 0 aromatic carbocycles. The molecule has 2 aliphatic rings. The first-order valence-electron chi connectivity index (χ1n) is 7.68. The summed E-state index contributed by atoms with van der Waals surface area (Å²) in [6.07, 6.45) is 4.55. The summed E-state index contributed by atoms with van der Waals surface area (Å²) in [6, 6.07) is 0.0335. The van der Waals surface area contributed by atoms with E-state index in [0.29, 0.717) is 0 Å². The highest BCUT2D eigenvalue weighted by Crippen LogP contribution is 2.35. The second-order valence-corrected chi connectivity index (χ2v) is 8.98. The maximum atomic E-state index is 12.4. The Bertz CT molecular complexity index is 450. The second-order valence-electron chi connectivity index (χ2n) is 5.50. The molecule has 2 heterocycles. The van der Waals surface area contributed by atoms with Crippen LogP contribution in [-0.4, -0.2) is 67.0 Å². The van der Waals surface area contributed by atoms with Gasteiger partial charge in [-0.1, -0.05) is 34.5 Å². The molecule has 2 fully saturated rings. The molecule has 2 unspecified atom stereocenters. The van der Waals surface area contributed by atoms with Gasteiger partial charge in [0, 0.05) is 26.2 Å². The third kappa shape index (κ3) is 4.38. The van der Waals surface area contributed by atoms with Crippen molar-refractivity contribution >= 4 is 28.4 Å². The Labute approximate surface area is 136 Å². The van der Waals surface area contributed by atoms with Crippen LogP contribution < -0.4 is 5.32 Å². The standard InChI is InChI=1S/C15H25N3O2P2/c1-3-12-10-13(4-9-22-21-2)18(15(12)20)11-14(19)17-7-5-16-6-8-17/h3-4,9,12-13,16,21-22H,1,5-8,10-11H2,2H3/b9-4+/t12-,13+/m1/s1. The van der Waals surface area contributed by atoms with Crippen LogP contribution >= 0.6 is 16.5 Å². The summed E-state index contributed by atoms with van der Waals surface area (Å²) in [4.78, 5) is 28.4. The Morgan fingerprint density at radius 3 is 2.82 bits per heavy atom. The van der Waals surface area contributed by atoms with Crippen LogP contribution in [0.3, 0.4) is 0 Å². The molecule has 2 saturated heterocycles. The number of nitrogens with zero attached hydrogens (tertiary/aromatic N) is 2. The van der Waals surface area contributed by atoms with Crippen molar-refractivity contribution in [3.8, 4) is 0 Å². The molecule has 0 aromatic heterocycles. The van der Waals surface area contributed by atoms with Crippen LogP contribution in [0.5, 0.6) is 0 Å². The Balaban J connectivity index is 2.01. The second kappa shape index (κ2) is 8.76. The van der Waals surface area contributed by atoms with Gasteiger partial charge in [0.2, 0.25) is 11.8 Å². The molecule has 0 bridgehead atoms. The molecule has 2 amide bonds. The van der Waals surface area contributed by atoms with Crippen LogP contribution in [0.15, 0.2) is 24.5 Å². The van der Waals surface area contributed by atoms with E-state index in [1.807, 2.05) is 4.90 Å². The first-order chi connectivity index (χ1) is 10.7. The van der Waals surface area contributed by atoms with Gasteiger partial charge >= 0.3 is 0 Å². The van der Waals surface area contributed by atoms with Gasteiger partial charge in [-0.15, -0.1) is 6.58 Å². The normalized spacial score (nSPS) is 27.0. The van der Waals surface area contributed by atoms with Crippen LogP contribution in [0.4, 0.5) is 0 Å². The Hall–Kier alpha value is -0.760. The molecule has 0 radical (unpaired) electrons. The van der Waals surface area contributed by atoms with Crippen LogP contribution in [0, 0.1) is 5.92 Å². The molecule has 0 saturated carbocycles. The zero-order valence-corrected chi connectivity index (χ0v) is 15.0. The summed E-state index contributed by atoms with van der Waals surface area (Å²) < 4.78 is 0. The van der Waals surface area contributed by atoms with E-state index in [4.69, 9.17) is 0 Å². The van der Waals surface area contributed by atoms with Crippen molar-refractivity contribution in [3.05, 3.63) is 24.5 Å². The van der Waals surface area contributed by atoms with Gasteiger partial charge in [0.05, 0.1) is 12.0 Å². The van der Waals surface area contributed by atoms with Crippen molar-refractivity contribution in [1.29, 1.82) is 0 Å². The zero-order chi connectivity index (χ0) is 15.9. The summed E-state index contributed by atoms with van der Waals surface area (Å²) >= 11 is 0. The van der Waals surface area contributed by atoms with Crippen LogP contribution in [0.1, 0.15) is 6.42 Å². The molecule has 1 N–H and O–H groups in total. The highest BCUT2D eigenvalue weighted by molar-refractivity contribution is 8.12. The lowest BCUT2D eigenvalue weighted by Crippen LogP contribution is -2.50. The summed E-state index contributed by atoms with van der Waals surface area (Å²) in [5.74, 6) is 2.09. The lowest BCUT2D eigenvalue weighted by Gasteiger charge is -2.30. The fourth-order valence-electron chi connectivity index (χ4n) is 2.84. The van der Waals surface area contributed by atoms with Crippen molar-refractivity contribution in [1.82, 2.24) is 15.1 Å². The van der Waals surface area contributed by atoms with Gasteiger partial charge in [-0.05, 0) is 13.1 Å². The number of hydrogen-bond donors (Lipinski definition) is 1. The minimum absolute atomic E-state index is 0.0335. The maximum Gasteiger partial charge on any atom is 0.242 e. The van der Waals surface area contributed by atoms with Crippen molar-refractivity contribution in [3.63, 3.8) is 0 Å². The predicted octanol–water partition coefficient (Wildman–Crippen LogP) is 1.24. The minimum atomic E-state index is -0.155. The zero-order valence-electron chi connectivity index (χ0n) is 13.0. The van der Waals surface area contributed by atoms with E-state index in [0.717, 1.165) is 49.1 Å². The quantitative estimate of drug-likeness (QED) is 0.584. The molecular formula is C15H25N3O2P2. The van der Waals surface area contributed by atoms with E-state index in [-0.39, 0.29) is 30.3 Å². The van der Waals surface area contributed by atoms with Crippen molar-refractivity contribution in [2.75, 3.05) is 39.4 Å². The van der Waals surface area contributed by atoms with Crippen molar-refractivity contribution in [2.45, 2.75) is 12.5 Å². The molecule has 7 heteroatoms. The summed E-state index contributed by atoms with van der Waals surface area (Å²) in [5.41, 5.74) is 0. The van der Waals surface area contributed by atoms with Crippen molar-refractivity contribution < 1.29 is 9.59 Å². The molecule has 122 valence electrons. The summed E-state index contributed by atoms with van der Waals surface area (Å²) in [6.45, 7) is 9.23. The van der Waals surface area contributed by atoms with Gasteiger partial charge in [0.1, 0.15) is 6.54 Å². The highest BCUT2D eigenvalue weighted by Gasteiger charge is 2.38. The molecule has 0 aliphatic carbocycles. The molecular weight excluding hydrogens is 316 g/mol. The van der Waals surface area contributed by atoms with Gasteiger partial charge in [-0.2, -0.15) is 0 Å². The Kier molecular flexibility index (Phi) is 7.01. The molecule has 22 heavy (non-hydrogen) atoms. The number of rotatable bonds is 6. The lowest BCUT2D eigenvalue weighted by molar-refractivity contribution is -0.140. The van der Waals surface area contributed by atoms with Gasteiger partial charge in [-0.3, -0.25) is 9.59 Å². The molecule has 4 atom stereocenters. The fourth-order valence-corrected chi connectivity index (χ4v) is 4.12. The average Bonchev–Trinajstić information content (AvgIpc) is 2.84. The monoisotopic (exact) mass is 341 g/mol. The van der Waals surface area contributed by atoms with E-state index in [1.54, 1.807) is 11.0 Å². The largest absolute Gasteiger partial charge is 0.339 e. The van der Waals surface area contributed by atoms with Gasteiger partial charge < -0.3 is 15.1 Å². The topological polar surface area (TPSA) is 52.7 Å². The number of hydrogen-bond acceptors (Lipinski definition) is 3. The van der Waals surface area contributed by atoms with E-state index in [9.17, 15) is 9.59 Å². The van der Waals surface area contributed by atoms with E-state index in [2.05, 4.69) is 30.5 Å². The fraction of sp³-hybridized carbons (Fsp3) is 0.600. The lowest BCUT2D eigenvalue weighted by atomic mass is 10.1. The maximum absolute atomic E-state index is 12.4. The number of amides is 2. The molecule has 0 aromatic rings. The number of carbonyl (C=O) groups excluding carboxylic acids is 2. The molecule has 0 spiro atoms. The first-order valence-corrected chi connectivity index (χ1v) is 11.3. The number of likely N-dealkylation sites (tertiary alicyclic amines) is 1. The smallest absolute Gasteiger partial charge is 0.242 e. The summed E-state index contributed by atoms with van der Waals surface area (Å²) in [7, 11) is 1.69.